The molecule has 0 spiro atoms. The minimum absolute atomic E-state index is 0.0786. The number of carbonyl (C=O) groups excluding carboxylic acids is 1. The van der Waals surface area contributed by atoms with Gasteiger partial charge in [-0.25, -0.2) is 0 Å². The third-order valence-corrected chi connectivity index (χ3v) is 5.31. The Labute approximate surface area is 174 Å². The summed E-state index contributed by atoms with van der Waals surface area (Å²) < 4.78 is 5.74. The van der Waals surface area contributed by atoms with Crippen molar-refractivity contribution in [1.29, 1.82) is 0 Å². The maximum absolute atomic E-state index is 13.1. The van der Waals surface area contributed by atoms with Gasteiger partial charge in [-0.3, -0.25) is 9.78 Å². The minimum atomic E-state index is -0.310. The summed E-state index contributed by atoms with van der Waals surface area (Å²) in [4.78, 5) is 17.5. The van der Waals surface area contributed by atoms with Crippen molar-refractivity contribution >= 4 is 27.6 Å². The van der Waals surface area contributed by atoms with E-state index in [0.29, 0.717) is 0 Å². The topological polar surface area (TPSA) is 55.1 Å². The lowest BCUT2D eigenvalue weighted by Gasteiger charge is -2.19. The van der Waals surface area contributed by atoms with Crippen molar-refractivity contribution in [1.82, 2.24) is 10.3 Å². The van der Waals surface area contributed by atoms with Gasteiger partial charge in [0.15, 0.2) is 0 Å². The number of hydrogen-bond acceptors (Lipinski definition) is 3. The van der Waals surface area contributed by atoms with E-state index in [4.69, 9.17) is 4.42 Å². The Hall–Kier alpha value is -3.92. The molecule has 4 heteroatoms. The summed E-state index contributed by atoms with van der Waals surface area (Å²) in [5.41, 5.74) is 3.47. The molecule has 0 aliphatic carbocycles. The summed E-state index contributed by atoms with van der Waals surface area (Å²) in [6, 6.07) is 27.5. The van der Waals surface area contributed by atoms with Gasteiger partial charge in [-0.2, -0.15) is 0 Å². The lowest BCUT2D eigenvalue weighted by molar-refractivity contribution is -0.120. The molecule has 1 N–H and O–H groups in total. The van der Waals surface area contributed by atoms with Crippen LogP contribution in [0.4, 0.5) is 0 Å². The van der Waals surface area contributed by atoms with Crippen LogP contribution in [0, 0.1) is 0 Å². The van der Waals surface area contributed by atoms with Crippen molar-refractivity contribution in [3.63, 3.8) is 0 Å². The highest BCUT2D eigenvalue weighted by Gasteiger charge is 2.19. The number of nitrogens with zero attached hydrogens (tertiary/aromatic N) is 1. The number of aromatic nitrogens is 1. The molecule has 146 valence electrons. The summed E-state index contributed by atoms with van der Waals surface area (Å²) in [5, 5.41) is 6.38. The fourth-order valence-electron chi connectivity index (χ4n) is 3.91. The molecule has 2 heterocycles. The van der Waals surface area contributed by atoms with E-state index in [9.17, 15) is 4.79 Å². The number of pyridine rings is 1. The molecule has 1 amide bonds. The van der Waals surface area contributed by atoms with E-state index in [1.165, 1.54) is 0 Å². The molecule has 30 heavy (non-hydrogen) atoms. The van der Waals surface area contributed by atoms with Crippen LogP contribution in [0.25, 0.3) is 21.7 Å². The maximum Gasteiger partial charge on any atom is 0.225 e. The van der Waals surface area contributed by atoms with Crippen molar-refractivity contribution in [3.05, 3.63) is 114 Å². The number of amides is 1. The number of benzene rings is 3. The highest BCUT2D eigenvalue weighted by molar-refractivity contribution is 6.08. The number of carbonyl (C=O) groups is 1. The Morgan fingerprint density at radius 2 is 1.70 bits per heavy atom. The third-order valence-electron chi connectivity index (χ3n) is 5.31. The third kappa shape index (κ3) is 3.44. The molecular weight excluding hydrogens is 372 g/mol. The molecule has 4 nitrogen and oxygen atoms in total. The predicted octanol–water partition coefficient (Wildman–Crippen LogP) is 5.43. The number of nitrogens with one attached hydrogen (secondary N) is 1. The molecule has 5 aromatic rings. The normalized spacial score (nSPS) is 12.1. The first-order chi connectivity index (χ1) is 14.8. The second kappa shape index (κ2) is 7.84. The van der Waals surface area contributed by atoms with Gasteiger partial charge in [0.1, 0.15) is 5.58 Å². The van der Waals surface area contributed by atoms with Gasteiger partial charge in [0.25, 0.3) is 0 Å². The summed E-state index contributed by atoms with van der Waals surface area (Å²) in [6.45, 7) is 0. The smallest absolute Gasteiger partial charge is 0.225 e. The summed E-state index contributed by atoms with van der Waals surface area (Å²) in [5.74, 6) is -0.0786. The van der Waals surface area contributed by atoms with E-state index < -0.39 is 0 Å². The average molecular weight is 392 g/mol. The molecule has 0 bridgehead atoms. The lowest BCUT2D eigenvalue weighted by Crippen LogP contribution is -2.31. The lowest BCUT2D eigenvalue weighted by atomic mass is 10.0. The second-order valence-corrected chi connectivity index (χ2v) is 7.26. The average Bonchev–Trinajstić information content (AvgIpc) is 3.22. The van der Waals surface area contributed by atoms with Gasteiger partial charge in [-0.05, 0) is 34.5 Å². The molecule has 0 saturated heterocycles. The highest BCUT2D eigenvalue weighted by Crippen LogP contribution is 2.30. The molecule has 3 aromatic carbocycles. The zero-order valence-electron chi connectivity index (χ0n) is 16.3. The zero-order chi connectivity index (χ0) is 20.3. The first-order valence-electron chi connectivity index (χ1n) is 9.92. The zero-order valence-corrected chi connectivity index (χ0v) is 16.3. The summed E-state index contributed by atoms with van der Waals surface area (Å²) >= 11 is 0. The number of fused-ring (bicyclic) bond motifs is 3. The predicted molar refractivity (Wildman–Crippen MR) is 118 cm³/mol. The molecule has 0 aliphatic rings. The van der Waals surface area contributed by atoms with E-state index >= 15 is 0 Å². The van der Waals surface area contributed by atoms with E-state index in [-0.39, 0.29) is 18.4 Å². The fraction of sp³-hybridized carbons (Fsp3) is 0.0769. The summed E-state index contributed by atoms with van der Waals surface area (Å²) in [7, 11) is 0. The maximum atomic E-state index is 13.1. The molecule has 1 unspecified atom stereocenters. The minimum Gasteiger partial charge on any atom is -0.464 e. The number of furan rings is 1. The standard InChI is InChI=1S/C26H20N2O2/c29-24(28-26(19-9-2-1-3-10-19)22-12-6-7-15-27-22)16-20-17-30-23-14-13-18-8-4-5-11-21(18)25(20)23/h1-15,17,26H,16H2,(H,28,29). The van der Waals surface area contributed by atoms with Crippen LogP contribution < -0.4 is 5.32 Å². The van der Waals surface area contributed by atoms with Crippen molar-refractivity contribution in [2.45, 2.75) is 12.5 Å². The Bertz CT molecular complexity index is 1270. The Balaban J connectivity index is 1.47. The largest absolute Gasteiger partial charge is 0.464 e. The van der Waals surface area contributed by atoms with Gasteiger partial charge in [-0.15, -0.1) is 0 Å². The van der Waals surface area contributed by atoms with Crippen LogP contribution in [-0.2, 0) is 11.2 Å². The van der Waals surface area contributed by atoms with E-state index in [1.807, 2.05) is 72.8 Å². The first kappa shape index (κ1) is 18.1. The van der Waals surface area contributed by atoms with Gasteiger partial charge in [-0.1, -0.05) is 66.7 Å². The molecule has 1 atom stereocenters. The van der Waals surface area contributed by atoms with Crippen molar-refractivity contribution in [2.24, 2.45) is 0 Å². The molecule has 0 saturated carbocycles. The Morgan fingerprint density at radius 1 is 0.900 bits per heavy atom. The molecule has 0 radical (unpaired) electrons. The van der Waals surface area contributed by atoms with Gasteiger partial charge in [0, 0.05) is 17.1 Å². The number of hydrogen-bond donors (Lipinski definition) is 1. The van der Waals surface area contributed by atoms with Crippen LogP contribution >= 0.6 is 0 Å². The van der Waals surface area contributed by atoms with E-state index in [1.54, 1.807) is 12.5 Å². The van der Waals surface area contributed by atoms with E-state index in [2.05, 4.69) is 22.4 Å². The first-order valence-corrected chi connectivity index (χ1v) is 9.92. The Kier molecular flexibility index (Phi) is 4.74. The molecule has 5 rings (SSSR count). The van der Waals surface area contributed by atoms with Gasteiger partial charge >= 0.3 is 0 Å². The number of rotatable bonds is 5. The van der Waals surface area contributed by atoms with Gasteiger partial charge in [0.05, 0.1) is 24.4 Å². The van der Waals surface area contributed by atoms with Crippen molar-refractivity contribution in [2.75, 3.05) is 0 Å². The van der Waals surface area contributed by atoms with Crippen LogP contribution in [0.5, 0.6) is 0 Å². The Morgan fingerprint density at radius 3 is 2.53 bits per heavy atom. The highest BCUT2D eigenvalue weighted by atomic mass is 16.3. The monoisotopic (exact) mass is 392 g/mol. The molecular formula is C26H20N2O2. The quantitative estimate of drug-likeness (QED) is 0.434. The van der Waals surface area contributed by atoms with Gasteiger partial charge < -0.3 is 9.73 Å². The van der Waals surface area contributed by atoms with Crippen LogP contribution in [0.2, 0.25) is 0 Å². The molecule has 0 aliphatic heterocycles. The van der Waals surface area contributed by atoms with Crippen LogP contribution in [-0.4, -0.2) is 10.9 Å². The molecule has 0 fully saturated rings. The second-order valence-electron chi connectivity index (χ2n) is 7.26. The SMILES string of the molecule is O=C(Cc1coc2ccc3ccccc3c12)NC(c1ccccc1)c1ccccn1. The molecule has 2 aromatic heterocycles. The fourth-order valence-corrected chi connectivity index (χ4v) is 3.91. The van der Waals surface area contributed by atoms with Crippen LogP contribution in [0.3, 0.4) is 0 Å². The van der Waals surface area contributed by atoms with Gasteiger partial charge in [0.2, 0.25) is 5.91 Å². The van der Waals surface area contributed by atoms with E-state index in [0.717, 1.165) is 38.6 Å². The summed E-state index contributed by atoms with van der Waals surface area (Å²) in [6.07, 6.45) is 3.67. The van der Waals surface area contributed by atoms with Crippen LogP contribution in [0.1, 0.15) is 22.9 Å². The van der Waals surface area contributed by atoms with Crippen molar-refractivity contribution < 1.29 is 9.21 Å². The van der Waals surface area contributed by atoms with Crippen LogP contribution in [0.15, 0.2) is 102 Å². The van der Waals surface area contributed by atoms with Crippen molar-refractivity contribution in [3.8, 4) is 0 Å².